The van der Waals surface area contributed by atoms with Crippen LogP contribution in [0.1, 0.15) is 56.6 Å². The Morgan fingerprint density at radius 3 is 2.64 bits per heavy atom. The zero-order chi connectivity index (χ0) is 15.2. The first-order valence-corrected chi connectivity index (χ1v) is 8.79. The predicted molar refractivity (Wildman–Crippen MR) is 89.7 cm³/mol. The molecule has 22 heavy (non-hydrogen) atoms. The lowest BCUT2D eigenvalue weighted by atomic mass is 9.67. The van der Waals surface area contributed by atoms with Crippen molar-refractivity contribution in [3.63, 3.8) is 0 Å². The second kappa shape index (κ2) is 5.34. The second-order valence-corrected chi connectivity index (χ2v) is 7.45. The number of fused-ring (bicyclic) bond motifs is 3. The number of benzene rings is 1. The van der Waals surface area contributed by atoms with Gasteiger partial charge in [-0.3, -0.25) is 4.79 Å². The minimum Gasteiger partial charge on any atom is -0.311 e. The highest BCUT2D eigenvalue weighted by atomic mass is 16.1. The van der Waals surface area contributed by atoms with Crippen molar-refractivity contribution in [2.75, 3.05) is 0 Å². The number of hydrogen-bond donors (Lipinski definition) is 1. The van der Waals surface area contributed by atoms with Gasteiger partial charge in [-0.2, -0.15) is 0 Å². The Hall–Kier alpha value is -1.41. The fraction of sp³-hybridized carbons (Fsp3) is 0.550. The molecule has 1 aromatic rings. The van der Waals surface area contributed by atoms with Crippen molar-refractivity contribution in [2.24, 2.45) is 5.41 Å². The number of allylic oxidation sites excluding steroid dienone is 1. The van der Waals surface area contributed by atoms with Crippen LogP contribution < -0.4 is 5.32 Å². The molecule has 4 rings (SSSR count). The van der Waals surface area contributed by atoms with Crippen molar-refractivity contribution in [1.29, 1.82) is 0 Å². The second-order valence-electron chi connectivity index (χ2n) is 7.45. The molecule has 2 aliphatic heterocycles. The van der Waals surface area contributed by atoms with Gasteiger partial charge in [0, 0.05) is 29.5 Å². The van der Waals surface area contributed by atoms with E-state index in [1.54, 1.807) is 0 Å². The molecule has 0 unspecified atom stereocenters. The highest BCUT2D eigenvalue weighted by Gasteiger charge is 2.48. The summed E-state index contributed by atoms with van der Waals surface area (Å²) in [4.78, 5) is 13.4. The average Bonchev–Trinajstić information content (AvgIpc) is 3.10. The van der Waals surface area contributed by atoms with Crippen molar-refractivity contribution < 1.29 is 4.79 Å². The first kappa shape index (κ1) is 14.2. The van der Waals surface area contributed by atoms with Crippen molar-refractivity contribution >= 4 is 11.9 Å². The molecule has 0 radical (unpaired) electrons. The topological polar surface area (TPSA) is 29.1 Å². The molecule has 1 N–H and O–H groups in total. The zero-order valence-electron chi connectivity index (χ0n) is 13.4. The van der Waals surface area contributed by atoms with Gasteiger partial charge in [0.1, 0.15) is 0 Å². The summed E-state index contributed by atoms with van der Waals surface area (Å²) in [6.45, 7) is 2.22. The molecule has 2 heteroatoms. The van der Waals surface area contributed by atoms with Gasteiger partial charge in [-0.25, -0.2) is 0 Å². The predicted octanol–water partition coefficient (Wildman–Crippen LogP) is 3.90. The third-order valence-corrected chi connectivity index (χ3v) is 5.88. The molecule has 2 fully saturated rings. The monoisotopic (exact) mass is 295 g/mol. The molecule has 1 aromatic carbocycles. The van der Waals surface area contributed by atoms with Crippen molar-refractivity contribution in [1.82, 2.24) is 5.32 Å². The molecule has 1 aliphatic carbocycles. The summed E-state index contributed by atoms with van der Waals surface area (Å²) >= 11 is 0. The summed E-state index contributed by atoms with van der Waals surface area (Å²) in [5.41, 5.74) is 3.51. The summed E-state index contributed by atoms with van der Waals surface area (Å²) < 4.78 is 0. The first-order valence-electron chi connectivity index (χ1n) is 8.79. The maximum absolute atomic E-state index is 13.4. The highest BCUT2D eigenvalue weighted by molar-refractivity contribution is 6.05. The Bertz CT molecular complexity index is 618. The van der Waals surface area contributed by atoms with Crippen LogP contribution in [0.15, 0.2) is 29.8 Å². The minimum absolute atomic E-state index is 0.0975. The van der Waals surface area contributed by atoms with Crippen LogP contribution in [0.3, 0.4) is 0 Å². The standard InChI is InChI=1S/C20H25NO/c1-2-9-20(12-17-7-8-18(13-20)21-17)19(22)16-10-14-5-3-4-6-15(14)11-16/h3-6,10,17-18,21H,2,7-9,11-13H2,1H3/t17-,18-/m0/s1. The molecule has 2 heterocycles. The van der Waals surface area contributed by atoms with E-state index in [1.807, 2.05) is 0 Å². The van der Waals surface area contributed by atoms with Gasteiger partial charge in [-0.15, -0.1) is 0 Å². The molecule has 2 atom stereocenters. The number of piperidine rings is 1. The molecule has 2 saturated heterocycles. The Labute approximate surface area is 133 Å². The number of rotatable bonds is 4. The van der Waals surface area contributed by atoms with Gasteiger partial charge in [0.15, 0.2) is 5.78 Å². The van der Waals surface area contributed by atoms with Crippen LogP contribution in [0.5, 0.6) is 0 Å². The van der Waals surface area contributed by atoms with Crippen LogP contribution in [0.2, 0.25) is 0 Å². The van der Waals surface area contributed by atoms with E-state index in [4.69, 9.17) is 0 Å². The molecule has 0 amide bonds. The average molecular weight is 295 g/mol. The fourth-order valence-electron chi connectivity index (χ4n) is 5.00. The molecule has 2 nitrogen and oxygen atoms in total. The fourth-order valence-corrected chi connectivity index (χ4v) is 5.00. The summed E-state index contributed by atoms with van der Waals surface area (Å²) in [5, 5.41) is 3.69. The number of Topliss-reactive ketones (excluding diaryl/α,β-unsaturated/α-hetero) is 1. The van der Waals surface area contributed by atoms with E-state index in [9.17, 15) is 4.79 Å². The third-order valence-electron chi connectivity index (χ3n) is 5.88. The lowest BCUT2D eigenvalue weighted by Crippen LogP contribution is -2.48. The SMILES string of the molecule is CCCC1(C(=O)C2=Cc3ccccc3C2)C[C@@H]2CC[C@@H](C1)N2. The first-order chi connectivity index (χ1) is 10.7. The number of ketones is 1. The summed E-state index contributed by atoms with van der Waals surface area (Å²) in [5.74, 6) is 0.448. The molecule has 0 aromatic heterocycles. The summed E-state index contributed by atoms with van der Waals surface area (Å²) in [6, 6.07) is 9.57. The van der Waals surface area contributed by atoms with Crippen LogP contribution in [-0.2, 0) is 11.2 Å². The molecule has 2 bridgehead atoms. The molecule has 3 aliphatic rings. The van der Waals surface area contributed by atoms with Gasteiger partial charge >= 0.3 is 0 Å². The van der Waals surface area contributed by atoms with Crippen LogP contribution in [0, 0.1) is 5.41 Å². The summed E-state index contributed by atoms with van der Waals surface area (Å²) in [6.07, 6.45) is 9.74. The normalized spacial score (nSPS) is 32.7. The molecule has 116 valence electrons. The van der Waals surface area contributed by atoms with Gasteiger partial charge in [0.2, 0.25) is 0 Å². The largest absolute Gasteiger partial charge is 0.311 e. The van der Waals surface area contributed by atoms with Gasteiger partial charge in [-0.1, -0.05) is 37.6 Å². The van der Waals surface area contributed by atoms with Crippen LogP contribution in [0.25, 0.3) is 6.08 Å². The van der Waals surface area contributed by atoms with Crippen molar-refractivity contribution in [3.8, 4) is 0 Å². The van der Waals surface area contributed by atoms with Gasteiger partial charge in [0.25, 0.3) is 0 Å². The van der Waals surface area contributed by atoms with E-state index in [2.05, 4.69) is 42.6 Å². The van der Waals surface area contributed by atoms with E-state index in [0.717, 1.165) is 37.7 Å². The van der Waals surface area contributed by atoms with Crippen molar-refractivity contribution in [3.05, 3.63) is 41.0 Å². The van der Waals surface area contributed by atoms with E-state index >= 15 is 0 Å². The van der Waals surface area contributed by atoms with Gasteiger partial charge in [0.05, 0.1) is 0 Å². The molecular weight excluding hydrogens is 270 g/mol. The molecule has 0 saturated carbocycles. The Morgan fingerprint density at radius 2 is 1.95 bits per heavy atom. The van der Waals surface area contributed by atoms with E-state index < -0.39 is 0 Å². The van der Waals surface area contributed by atoms with Gasteiger partial charge in [-0.05, 0) is 49.3 Å². The van der Waals surface area contributed by atoms with E-state index in [-0.39, 0.29) is 5.41 Å². The quantitative estimate of drug-likeness (QED) is 0.913. The summed E-state index contributed by atoms with van der Waals surface area (Å²) in [7, 11) is 0. The zero-order valence-corrected chi connectivity index (χ0v) is 13.4. The smallest absolute Gasteiger partial charge is 0.165 e. The van der Waals surface area contributed by atoms with Crippen LogP contribution >= 0.6 is 0 Å². The third kappa shape index (κ3) is 2.25. The lowest BCUT2D eigenvalue weighted by Gasteiger charge is -2.40. The Morgan fingerprint density at radius 1 is 1.23 bits per heavy atom. The van der Waals surface area contributed by atoms with Gasteiger partial charge < -0.3 is 5.32 Å². The van der Waals surface area contributed by atoms with Crippen LogP contribution in [0.4, 0.5) is 0 Å². The van der Waals surface area contributed by atoms with E-state index in [0.29, 0.717) is 17.9 Å². The number of nitrogens with one attached hydrogen (secondary N) is 1. The molecule has 0 spiro atoms. The maximum Gasteiger partial charge on any atom is 0.165 e. The molecular formula is C20H25NO. The lowest BCUT2D eigenvalue weighted by molar-refractivity contribution is -0.127. The highest BCUT2D eigenvalue weighted by Crippen LogP contribution is 2.46. The van der Waals surface area contributed by atoms with Crippen molar-refractivity contribution in [2.45, 2.75) is 64.0 Å². The minimum atomic E-state index is -0.0975. The number of carbonyl (C=O) groups excluding carboxylic acids is 1. The maximum atomic E-state index is 13.4. The number of hydrogen-bond acceptors (Lipinski definition) is 2. The van der Waals surface area contributed by atoms with E-state index in [1.165, 1.54) is 24.0 Å². The Kier molecular flexibility index (Phi) is 3.45. The number of carbonyl (C=O) groups is 1. The Balaban J connectivity index is 1.63. The van der Waals surface area contributed by atoms with Crippen LogP contribution in [-0.4, -0.2) is 17.9 Å².